The summed E-state index contributed by atoms with van der Waals surface area (Å²) in [6, 6.07) is 20.3. The topological polar surface area (TPSA) is 87.7 Å². The van der Waals surface area contributed by atoms with Crippen molar-refractivity contribution in [2.75, 3.05) is 23.8 Å². The van der Waals surface area contributed by atoms with E-state index in [0.717, 1.165) is 29.7 Å². The molecule has 4 atom stereocenters. The van der Waals surface area contributed by atoms with Crippen molar-refractivity contribution < 1.29 is 19.1 Å². The lowest BCUT2D eigenvalue weighted by atomic mass is 9.57. The molecule has 0 unspecified atom stereocenters. The monoisotopic (exact) mass is 507 g/mol. The second-order valence-electron chi connectivity index (χ2n) is 10.6. The standard InChI is InChI=1S/C31H29N3O4/c1-3-38-24-16-7-4-11-19(24)27(35)25-23-15-9-17-34(23)31(21-13-8-10-18(2)26(21)33-29(31)37)30(25)20-12-5-6-14-22(20)32-28(30)36/h4-8,10-14,16,23,25H,3,9,15,17H2,1-2H3,(H,32,36)(H,33,37)/t23-,25-,30-,31-/m0/s1. The number of para-hydroxylation sites is 3. The van der Waals surface area contributed by atoms with Gasteiger partial charge in [0.15, 0.2) is 5.78 Å². The Morgan fingerprint density at radius 3 is 2.58 bits per heavy atom. The van der Waals surface area contributed by atoms with Gasteiger partial charge in [0.1, 0.15) is 16.7 Å². The number of carbonyl (C=O) groups is 3. The van der Waals surface area contributed by atoms with Crippen LogP contribution in [0.4, 0.5) is 11.4 Å². The minimum absolute atomic E-state index is 0.163. The largest absolute Gasteiger partial charge is 0.493 e. The van der Waals surface area contributed by atoms with Crippen LogP contribution in [0.2, 0.25) is 0 Å². The van der Waals surface area contributed by atoms with E-state index in [0.29, 0.717) is 35.7 Å². The number of fused-ring (bicyclic) bond motifs is 7. The normalized spacial score (nSPS) is 28.8. The first kappa shape index (κ1) is 23.2. The Morgan fingerprint density at radius 1 is 0.974 bits per heavy atom. The molecule has 0 radical (unpaired) electrons. The van der Waals surface area contributed by atoms with Crippen molar-refractivity contribution >= 4 is 29.0 Å². The van der Waals surface area contributed by atoms with Gasteiger partial charge in [0.25, 0.3) is 5.91 Å². The fourth-order valence-corrected chi connectivity index (χ4v) is 7.87. The van der Waals surface area contributed by atoms with Crippen LogP contribution in [0.3, 0.4) is 0 Å². The molecule has 0 aromatic heterocycles. The highest BCUT2D eigenvalue weighted by Crippen LogP contribution is 2.68. The number of aryl methyl sites for hydroxylation is 1. The van der Waals surface area contributed by atoms with Gasteiger partial charge in [0.2, 0.25) is 5.91 Å². The Hall–Kier alpha value is -3.97. The summed E-state index contributed by atoms with van der Waals surface area (Å²) < 4.78 is 5.87. The quantitative estimate of drug-likeness (QED) is 0.511. The van der Waals surface area contributed by atoms with Gasteiger partial charge in [0.05, 0.1) is 18.1 Å². The minimum atomic E-state index is -1.45. The molecule has 2 N–H and O–H groups in total. The van der Waals surface area contributed by atoms with E-state index >= 15 is 0 Å². The SMILES string of the molecule is CCOc1ccccc1C(=O)[C@@H]1[C@@H]2CCCN2[C@@]2(C(=O)Nc3c(C)cccc32)[C@]12C(=O)Nc1ccccc12. The first-order valence-electron chi connectivity index (χ1n) is 13.3. The first-order valence-corrected chi connectivity index (χ1v) is 13.3. The Bertz CT molecular complexity index is 1530. The fourth-order valence-electron chi connectivity index (χ4n) is 7.87. The Morgan fingerprint density at radius 2 is 1.74 bits per heavy atom. The molecule has 4 aliphatic rings. The van der Waals surface area contributed by atoms with Crippen molar-refractivity contribution in [3.63, 3.8) is 0 Å². The molecule has 4 heterocycles. The van der Waals surface area contributed by atoms with Crippen LogP contribution in [0, 0.1) is 12.8 Å². The predicted octanol–water partition coefficient (Wildman–Crippen LogP) is 4.41. The van der Waals surface area contributed by atoms with E-state index in [-0.39, 0.29) is 23.6 Å². The third-order valence-corrected chi connectivity index (χ3v) is 9.07. The summed E-state index contributed by atoms with van der Waals surface area (Å²) >= 11 is 0. The first-order chi connectivity index (χ1) is 18.5. The van der Waals surface area contributed by atoms with E-state index in [1.807, 2.05) is 68.4 Å². The van der Waals surface area contributed by atoms with Crippen LogP contribution in [0.1, 0.15) is 46.8 Å². The number of hydrogen-bond donors (Lipinski definition) is 2. The summed E-state index contributed by atoms with van der Waals surface area (Å²) in [5, 5.41) is 6.23. The maximum atomic E-state index is 14.8. The van der Waals surface area contributed by atoms with Gasteiger partial charge >= 0.3 is 0 Å². The van der Waals surface area contributed by atoms with E-state index in [4.69, 9.17) is 4.74 Å². The highest BCUT2D eigenvalue weighted by Gasteiger charge is 2.81. The number of ketones is 1. The number of ether oxygens (including phenoxy) is 1. The van der Waals surface area contributed by atoms with Gasteiger partial charge in [-0.1, -0.05) is 48.5 Å². The molecule has 4 aliphatic heterocycles. The third kappa shape index (κ3) is 2.55. The van der Waals surface area contributed by atoms with Gasteiger partial charge in [-0.3, -0.25) is 19.3 Å². The van der Waals surface area contributed by atoms with Gasteiger partial charge in [0, 0.05) is 23.0 Å². The maximum Gasteiger partial charge on any atom is 0.251 e. The maximum absolute atomic E-state index is 14.8. The lowest BCUT2D eigenvalue weighted by Gasteiger charge is -2.43. The summed E-state index contributed by atoms with van der Waals surface area (Å²) in [6.07, 6.45) is 1.57. The fraction of sp³-hybridized carbons (Fsp3) is 0.323. The summed E-state index contributed by atoms with van der Waals surface area (Å²) in [7, 11) is 0. The van der Waals surface area contributed by atoms with Crippen molar-refractivity contribution in [2.24, 2.45) is 5.92 Å². The van der Waals surface area contributed by atoms with Crippen molar-refractivity contribution in [3.8, 4) is 5.75 Å². The van der Waals surface area contributed by atoms with E-state index in [1.54, 1.807) is 12.1 Å². The Labute approximate surface area is 221 Å². The summed E-state index contributed by atoms with van der Waals surface area (Å²) in [6.45, 7) is 4.89. The molecule has 3 aromatic carbocycles. The molecule has 0 bridgehead atoms. The zero-order valence-electron chi connectivity index (χ0n) is 21.4. The number of carbonyl (C=O) groups excluding carboxylic acids is 3. The van der Waals surface area contributed by atoms with Gasteiger partial charge in [-0.15, -0.1) is 0 Å². The lowest BCUT2D eigenvalue weighted by molar-refractivity contribution is -0.137. The van der Waals surface area contributed by atoms with Gasteiger partial charge in [-0.2, -0.15) is 0 Å². The molecule has 2 fully saturated rings. The lowest BCUT2D eigenvalue weighted by Crippen LogP contribution is -2.62. The molecule has 0 aliphatic carbocycles. The number of anilines is 2. The predicted molar refractivity (Wildman–Crippen MR) is 143 cm³/mol. The second-order valence-corrected chi connectivity index (χ2v) is 10.6. The van der Waals surface area contributed by atoms with Crippen LogP contribution < -0.4 is 15.4 Å². The molecule has 38 heavy (non-hydrogen) atoms. The average Bonchev–Trinajstić information content (AvgIpc) is 3.64. The molecule has 7 nitrogen and oxygen atoms in total. The van der Waals surface area contributed by atoms with Crippen molar-refractivity contribution in [3.05, 3.63) is 89.0 Å². The van der Waals surface area contributed by atoms with Gasteiger partial charge < -0.3 is 15.4 Å². The molecule has 2 saturated heterocycles. The average molecular weight is 508 g/mol. The van der Waals surface area contributed by atoms with E-state index in [2.05, 4.69) is 15.5 Å². The highest BCUT2D eigenvalue weighted by molar-refractivity contribution is 6.21. The zero-order valence-corrected chi connectivity index (χ0v) is 21.4. The number of nitrogens with one attached hydrogen (secondary N) is 2. The number of Topliss-reactive ketones (excluding diaryl/α,β-unsaturated/α-hetero) is 1. The van der Waals surface area contributed by atoms with Crippen molar-refractivity contribution in [1.29, 1.82) is 0 Å². The smallest absolute Gasteiger partial charge is 0.251 e. The number of amides is 2. The summed E-state index contributed by atoms with van der Waals surface area (Å²) in [4.78, 5) is 46.0. The molecule has 192 valence electrons. The number of rotatable bonds is 4. The van der Waals surface area contributed by atoms with Gasteiger partial charge in [-0.05, 0) is 62.6 Å². The van der Waals surface area contributed by atoms with E-state index in [9.17, 15) is 14.4 Å². The summed E-state index contributed by atoms with van der Waals surface area (Å²) in [5.41, 5.74) is 1.45. The molecular weight excluding hydrogens is 478 g/mol. The molecule has 7 rings (SSSR count). The third-order valence-electron chi connectivity index (χ3n) is 9.07. The number of nitrogens with zero attached hydrogens (tertiary/aromatic N) is 1. The minimum Gasteiger partial charge on any atom is -0.493 e. The van der Waals surface area contributed by atoms with Crippen molar-refractivity contribution in [2.45, 2.75) is 43.7 Å². The highest BCUT2D eigenvalue weighted by atomic mass is 16.5. The molecule has 2 spiro atoms. The van der Waals surface area contributed by atoms with Crippen LogP contribution in [0.25, 0.3) is 0 Å². The molecule has 7 heteroatoms. The summed E-state index contributed by atoms with van der Waals surface area (Å²) in [5.74, 6) is -0.991. The zero-order chi connectivity index (χ0) is 26.2. The number of benzene rings is 3. The number of hydrogen-bond acceptors (Lipinski definition) is 5. The van der Waals surface area contributed by atoms with Crippen LogP contribution in [-0.4, -0.2) is 41.7 Å². The van der Waals surface area contributed by atoms with Gasteiger partial charge in [-0.25, -0.2) is 0 Å². The van der Waals surface area contributed by atoms with Crippen LogP contribution >= 0.6 is 0 Å². The van der Waals surface area contributed by atoms with Crippen molar-refractivity contribution in [1.82, 2.24) is 4.90 Å². The molecular formula is C31H29N3O4. The molecule has 2 amide bonds. The van der Waals surface area contributed by atoms with Crippen LogP contribution in [-0.2, 0) is 20.5 Å². The second kappa shape index (κ2) is 8.01. The molecule has 3 aromatic rings. The molecule has 0 saturated carbocycles. The Balaban J connectivity index is 1.58. The van der Waals surface area contributed by atoms with Crippen LogP contribution in [0.15, 0.2) is 66.7 Å². The van der Waals surface area contributed by atoms with E-state index < -0.39 is 16.9 Å². The van der Waals surface area contributed by atoms with E-state index in [1.165, 1.54) is 0 Å². The Kier molecular flexibility index (Phi) is 4.89. The van der Waals surface area contributed by atoms with Crippen LogP contribution in [0.5, 0.6) is 5.75 Å².